The van der Waals surface area contributed by atoms with E-state index in [2.05, 4.69) is 21.2 Å². The molecule has 0 fully saturated rings. The van der Waals surface area contributed by atoms with Gasteiger partial charge in [0, 0.05) is 10.2 Å². The molecular weight excluding hydrogens is 364 g/mol. The average molecular weight is 374 g/mol. The molecular formula is C11H9BrClF3N2O2. The number of carbonyl (C=O) groups excluding carboxylic acids is 2. The van der Waals surface area contributed by atoms with Crippen LogP contribution in [-0.4, -0.2) is 17.3 Å². The summed E-state index contributed by atoms with van der Waals surface area (Å²) < 4.78 is 37.8. The Balaban J connectivity index is 2.84. The quantitative estimate of drug-likeness (QED) is 0.776. The van der Waals surface area contributed by atoms with Crippen molar-refractivity contribution in [1.29, 1.82) is 0 Å². The van der Waals surface area contributed by atoms with Crippen molar-refractivity contribution in [3.8, 4) is 0 Å². The van der Waals surface area contributed by atoms with E-state index in [0.29, 0.717) is 0 Å². The Morgan fingerprint density at radius 2 is 1.95 bits per heavy atom. The van der Waals surface area contributed by atoms with E-state index in [1.807, 2.05) is 5.32 Å². The average Bonchev–Trinajstić information content (AvgIpc) is 2.29. The number of benzene rings is 1. The Morgan fingerprint density at radius 1 is 1.35 bits per heavy atom. The van der Waals surface area contributed by atoms with Crippen molar-refractivity contribution in [1.82, 2.24) is 5.32 Å². The van der Waals surface area contributed by atoms with Gasteiger partial charge in [0.15, 0.2) is 0 Å². The number of imide groups is 1. The van der Waals surface area contributed by atoms with Gasteiger partial charge in [0.1, 0.15) is 5.38 Å². The predicted octanol–water partition coefficient (Wildman–Crippen LogP) is 3.74. The molecule has 0 aliphatic carbocycles. The number of carbonyl (C=O) groups is 2. The number of hydrogen-bond donors (Lipinski definition) is 2. The molecule has 0 saturated carbocycles. The maximum Gasteiger partial charge on any atom is 0.417 e. The third-order valence-corrected chi connectivity index (χ3v) is 3.02. The maximum atomic E-state index is 12.7. The first-order valence-corrected chi connectivity index (χ1v) is 6.47. The molecule has 1 unspecified atom stereocenters. The fourth-order valence-corrected chi connectivity index (χ4v) is 1.72. The third-order valence-electron chi connectivity index (χ3n) is 2.13. The van der Waals surface area contributed by atoms with Crippen LogP contribution in [0.15, 0.2) is 22.7 Å². The number of hydrogen-bond acceptors (Lipinski definition) is 2. The Labute approximate surface area is 125 Å². The van der Waals surface area contributed by atoms with Crippen LogP contribution in [0.3, 0.4) is 0 Å². The number of urea groups is 1. The van der Waals surface area contributed by atoms with Crippen molar-refractivity contribution in [2.24, 2.45) is 0 Å². The first kappa shape index (κ1) is 16.8. The van der Waals surface area contributed by atoms with Crippen LogP contribution in [0.4, 0.5) is 23.7 Å². The topological polar surface area (TPSA) is 58.2 Å². The summed E-state index contributed by atoms with van der Waals surface area (Å²) in [5.74, 6) is -0.752. The molecule has 0 aromatic heterocycles. The fourth-order valence-electron chi connectivity index (χ4n) is 1.19. The standard InChI is InChI=1S/C11H9BrClF3N2O2/c1-5(13)9(19)18-10(20)17-6-2-3-8(12)7(4-6)11(14,15)16/h2-5H,1H3,(H2,17,18,19,20). The lowest BCUT2D eigenvalue weighted by Gasteiger charge is -2.12. The fraction of sp³-hybridized carbons (Fsp3) is 0.273. The highest BCUT2D eigenvalue weighted by Crippen LogP contribution is 2.36. The monoisotopic (exact) mass is 372 g/mol. The predicted molar refractivity (Wildman–Crippen MR) is 71.6 cm³/mol. The maximum absolute atomic E-state index is 12.7. The molecule has 1 rings (SSSR count). The van der Waals surface area contributed by atoms with Gasteiger partial charge in [0.05, 0.1) is 5.56 Å². The molecule has 1 atom stereocenters. The van der Waals surface area contributed by atoms with E-state index in [0.717, 1.165) is 12.1 Å². The molecule has 4 nitrogen and oxygen atoms in total. The van der Waals surface area contributed by atoms with Crippen LogP contribution in [0, 0.1) is 0 Å². The second-order valence-electron chi connectivity index (χ2n) is 3.75. The highest BCUT2D eigenvalue weighted by atomic mass is 79.9. The summed E-state index contributed by atoms with van der Waals surface area (Å²) in [5, 5.41) is 3.07. The van der Waals surface area contributed by atoms with Gasteiger partial charge in [0.25, 0.3) is 0 Å². The van der Waals surface area contributed by atoms with Crippen molar-refractivity contribution < 1.29 is 22.8 Å². The van der Waals surface area contributed by atoms with Crippen molar-refractivity contribution in [2.45, 2.75) is 18.5 Å². The largest absolute Gasteiger partial charge is 0.417 e. The molecule has 0 aliphatic heterocycles. The number of amides is 3. The number of halogens is 5. The van der Waals surface area contributed by atoms with Gasteiger partial charge < -0.3 is 5.32 Å². The van der Waals surface area contributed by atoms with Crippen LogP contribution in [-0.2, 0) is 11.0 Å². The van der Waals surface area contributed by atoms with Crippen LogP contribution < -0.4 is 10.6 Å². The zero-order chi connectivity index (χ0) is 15.5. The summed E-state index contributed by atoms with van der Waals surface area (Å²) in [4.78, 5) is 22.5. The normalized spacial score (nSPS) is 12.7. The molecule has 1 aromatic carbocycles. The molecule has 2 N–H and O–H groups in total. The number of rotatable bonds is 2. The van der Waals surface area contributed by atoms with E-state index >= 15 is 0 Å². The summed E-state index contributed by atoms with van der Waals surface area (Å²) in [5.41, 5.74) is -1.04. The Bertz CT molecular complexity index is 535. The molecule has 0 spiro atoms. The van der Waals surface area contributed by atoms with E-state index in [9.17, 15) is 22.8 Å². The van der Waals surface area contributed by atoms with Crippen LogP contribution in [0.5, 0.6) is 0 Å². The van der Waals surface area contributed by atoms with E-state index in [-0.39, 0.29) is 10.2 Å². The summed E-state index contributed by atoms with van der Waals surface area (Å²) in [7, 11) is 0. The molecule has 3 amide bonds. The third kappa shape index (κ3) is 4.68. The molecule has 1 aromatic rings. The Kier molecular flexibility index (Phi) is 5.41. The molecule has 0 saturated heterocycles. The van der Waals surface area contributed by atoms with Gasteiger partial charge in [-0.1, -0.05) is 15.9 Å². The van der Waals surface area contributed by atoms with Crippen molar-refractivity contribution in [3.05, 3.63) is 28.2 Å². The first-order valence-electron chi connectivity index (χ1n) is 5.24. The molecule has 0 bridgehead atoms. The van der Waals surface area contributed by atoms with Crippen LogP contribution >= 0.6 is 27.5 Å². The SMILES string of the molecule is CC(Cl)C(=O)NC(=O)Nc1ccc(Br)c(C(F)(F)F)c1. The Morgan fingerprint density at radius 3 is 2.45 bits per heavy atom. The molecule has 0 heterocycles. The molecule has 9 heteroatoms. The minimum Gasteiger partial charge on any atom is -0.308 e. The first-order chi connectivity index (χ1) is 9.11. The smallest absolute Gasteiger partial charge is 0.308 e. The minimum absolute atomic E-state index is 0.104. The Hall–Kier alpha value is -1.28. The van der Waals surface area contributed by atoms with Gasteiger partial charge in [0.2, 0.25) is 5.91 Å². The molecule has 0 radical (unpaired) electrons. The number of anilines is 1. The van der Waals surface area contributed by atoms with Gasteiger partial charge in [-0.15, -0.1) is 11.6 Å². The lowest BCUT2D eigenvalue weighted by Crippen LogP contribution is -2.38. The van der Waals surface area contributed by atoms with Crippen LogP contribution in [0.1, 0.15) is 12.5 Å². The van der Waals surface area contributed by atoms with E-state index < -0.39 is 29.1 Å². The van der Waals surface area contributed by atoms with Gasteiger partial charge >= 0.3 is 12.2 Å². The summed E-state index contributed by atoms with van der Waals surface area (Å²) in [6.45, 7) is 1.35. The summed E-state index contributed by atoms with van der Waals surface area (Å²) in [6, 6.07) is 2.19. The summed E-state index contributed by atoms with van der Waals surface area (Å²) >= 11 is 8.21. The van der Waals surface area contributed by atoms with E-state index in [1.165, 1.54) is 13.0 Å². The summed E-state index contributed by atoms with van der Waals surface area (Å²) in [6.07, 6.45) is -4.56. The van der Waals surface area contributed by atoms with E-state index in [4.69, 9.17) is 11.6 Å². The molecule has 110 valence electrons. The molecule has 20 heavy (non-hydrogen) atoms. The van der Waals surface area contributed by atoms with E-state index in [1.54, 1.807) is 0 Å². The second kappa shape index (κ2) is 6.45. The van der Waals surface area contributed by atoms with Crippen LogP contribution in [0.2, 0.25) is 0 Å². The highest BCUT2D eigenvalue weighted by molar-refractivity contribution is 9.10. The zero-order valence-corrected chi connectivity index (χ0v) is 12.4. The number of alkyl halides is 4. The van der Waals surface area contributed by atoms with Crippen molar-refractivity contribution >= 4 is 45.2 Å². The number of nitrogens with one attached hydrogen (secondary N) is 2. The zero-order valence-electron chi connectivity index (χ0n) is 10.0. The lowest BCUT2D eigenvalue weighted by atomic mass is 10.2. The van der Waals surface area contributed by atoms with Gasteiger partial charge in [-0.05, 0) is 25.1 Å². The highest BCUT2D eigenvalue weighted by Gasteiger charge is 2.33. The second-order valence-corrected chi connectivity index (χ2v) is 5.26. The molecule has 0 aliphatic rings. The van der Waals surface area contributed by atoms with Crippen LogP contribution in [0.25, 0.3) is 0 Å². The van der Waals surface area contributed by atoms with Crippen molar-refractivity contribution in [2.75, 3.05) is 5.32 Å². The van der Waals surface area contributed by atoms with Gasteiger partial charge in [-0.2, -0.15) is 13.2 Å². The lowest BCUT2D eigenvalue weighted by molar-refractivity contribution is -0.138. The van der Waals surface area contributed by atoms with Gasteiger partial charge in [-0.3, -0.25) is 10.1 Å². The van der Waals surface area contributed by atoms with Crippen molar-refractivity contribution in [3.63, 3.8) is 0 Å². The minimum atomic E-state index is -4.56. The van der Waals surface area contributed by atoms with Gasteiger partial charge in [-0.25, -0.2) is 4.79 Å².